The monoisotopic (exact) mass is 392 g/mol. The topological polar surface area (TPSA) is 43.8 Å². The number of amides is 2. The minimum Gasteiger partial charge on any atom is -0.508 e. The van der Waals surface area contributed by atoms with Crippen LogP contribution in [0.5, 0.6) is 5.75 Å². The van der Waals surface area contributed by atoms with Crippen LogP contribution in [-0.4, -0.2) is 34.0 Å². The standard InChI is InChI=1S/C25H32N2O2/c1-24(2,3)25(4)13-15-27(17-20-21(25)10-7-11-22(20)28)23(29)26-14-12-18-8-5-6-9-19(18)16-26/h5-11,28H,12-17H2,1-4H3/t25-/m0/s1. The number of rotatable bonds is 0. The number of phenols is 1. The molecule has 0 bridgehead atoms. The van der Waals surface area contributed by atoms with Gasteiger partial charge in [-0.15, -0.1) is 0 Å². The van der Waals surface area contributed by atoms with Crippen molar-refractivity contribution in [3.05, 3.63) is 64.7 Å². The van der Waals surface area contributed by atoms with Gasteiger partial charge >= 0.3 is 6.03 Å². The highest BCUT2D eigenvalue weighted by molar-refractivity contribution is 5.75. The summed E-state index contributed by atoms with van der Waals surface area (Å²) in [4.78, 5) is 17.4. The molecule has 2 aliphatic rings. The van der Waals surface area contributed by atoms with Crippen molar-refractivity contribution in [3.8, 4) is 5.75 Å². The number of phenolic OH excluding ortho intramolecular Hbond substituents is 1. The van der Waals surface area contributed by atoms with Gasteiger partial charge in [-0.3, -0.25) is 0 Å². The fraction of sp³-hybridized carbons (Fsp3) is 0.480. The minimum atomic E-state index is -0.120. The number of carbonyl (C=O) groups is 1. The second-order valence-electron chi connectivity index (χ2n) is 9.78. The molecule has 0 saturated carbocycles. The van der Waals surface area contributed by atoms with E-state index in [-0.39, 0.29) is 16.9 Å². The molecule has 2 aromatic carbocycles. The van der Waals surface area contributed by atoms with Crippen molar-refractivity contribution in [2.75, 3.05) is 13.1 Å². The number of hydrogen-bond acceptors (Lipinski definition) is 2. The molecule has 4 heteroatoms. The summed E-state index contributed by atoms with van der Waals surface area (Å²) < 4.78 is 0. The summed E-state index contributed by atoms with van der Waals surface area (Å²) in [6.07, 6.45) is 1.78. The van der Waals surface area contributed by atoms with Gasteiger partial charge in [-0.2, -0.15) is 0 Å². The summed E-state index contributed by atoms with van der Waals surface area (Å²) in [7, 11) is 0. The molecule has 29 heavy (non-hydrogen) atoms. The lowest BCUT2D eigenvalue weighted by atomic mass is 9.61. The maximum Gasteiger partial charge on any atom is 0.320 e. The van der Waals surface area contributed by atoms with Crippen LogP contribution in [0, 0.1) is 5.41 Å². The van der Waals surface area contributed by atoms with Gasteiger partial charge in [0.05, 0.1) is 6.54 Å². The van der Waals surface area contributed by atoms with Gasteiger partial charge in [-0.05, 0) is 46.4 Å². The Kier molecular flexibility index (Phi) is 4.84. The Balaban J connectivity index is 1.64. The number of nitrogens with zero attached hydrogens (tertiary/aromatic N) is 2. The van der Waals surface area contributed by atoms with E-state index in [4.69, 9.17) is 0 Å². The van der Waals surface area contributed by atoms with Gasteiger partial charge in [0.2, 0.25) is 0 Å². The van der Waals surface area contributed by atoms with Crippen LogP contribution < -0.4 is 0 Å². The van der Waals surface area contributed by atoms with Crippen LogP contribution in [0.2, 0.25) is 0 Å². The maximum absolute atomic E-state index is 13.5. The number of carbonyl (C=O) groups excluding carboxylic acids is 1. The third-order valence-corrected chi connectivity index (χ3v) is 7.30. The Morgan fingerprint density at radius 2 is 1.66 bits per heavy atom. The van der Waals surface area contributed by atoms with Gasteiger partial charge < -0.3 is 14.9 Å². The van der Waals surface area contributed by atoms with Crippen molar-refractivity contribution < 1.29 is 9.90 Å². The van der Waals surface area contributed by atoms with Gasteiger partial charge in [0.1, 0.15) is 5.75 Å². The molecule has 154 valence electrons. The van der Waals surface area contributed by atoms with Gasteiger partial charge in [-0.1, -0.05) is 64.1 Å². The number of aromatic hydroxyl groups is 1. The summed E-state index contributed by atoms with van der Waals surface area (Å²) in [5.74, 6) is 0.293. The summed E-state index contributed by atoms with van der Waals surface area (Å²) in [6, 6.07) is 14.3. The number of urea groups is 1. The van der Waals surface area contributed by atoms with Crippen molar-refractivity contribution >= 4 is 6.03 Å². The summed E-state index contributed by atoms with van der Waals surface area (Å²) in [6.45, 7) is 11.6. The summed E-state index contributed by atoms with van der Waals surface area (Å²) in [5.41, 5.74) is 4.54. The van der Waals surface area contributed by atoms with Crippen LogP contribution in [0.25, 0.3) is 0 Å². The summed E-state index contributed by atoms with van der Waals surface area (Å²) >= 11 is 0. The fourth-order valence-corrected chi connectivity index (χ4v) is 4.82. The highest BCUT2D eigenvalue weighted by atomic mass is 16.3. The second-order valence-corrected chi connectivity index (χ2v) is 9.78. The molecular weight excluding hydrogens is 360 g/mol. The predicted octanol–water partition coefficient (Wildman–Crippen LogP) is 5.08. The van der Waals surface area contributed by atoms with E-state index in [0.717, 1.165) is 24.9 Å². The Hall–Kier alpha value is -2.49. The first-order valence-corrected chi connectivity index (χ1v) is 10.6. The van der Waals surface area contributed by atoms with Crippen molar-refractivity contribution in [1.82, 2.24) is 9.80 Å². The van der Waals surface area contributed by atoms with E-state index in [2.05, 4.69) is 52.0 Å². The normalized spacial score (nSPS) is 21.9. The molecule has 4 nitrogen and oxygen atoms in total. The van der Waals surface area contributed by atoms with Crippen molar-refractivity contribution in [3.63, 3.8) is 0 Å². The molecule has 0 aliphatic carbocycles. The molecule has 2 aromatic rings. The predicted molar refractivity (Wildman–Crippen MR) is 116 cm³/mol. The quantitative estimate of drug-likeness (QED) is 0.679. The maximum atomic E-state index is 13.5. The lowest BCUT2D eigenvalue weighted by Gasteiger charge is -2.43. The largest absolute Gasteiger partial charge is 0.508 e. The molecule has 2 heterocycles. The van der Waals surface area contributed by atoms with E-state index in [1.54, 1.807) is 6.07 Å². The third kappa shape index (κ3) is 3.39. The lowest BCUT2D eigenvalue weighted by molar-refractivity contribution is 0.133. The van der Waals surface area contributed by atoms with Crippen molar-refractivity contribution in [2.24, 2.45) is 5.41 Å². The first-order valence-electron chi connectivity index (χ1n) is 10.6. The average Bonchev–Trinajstić information content (AvgIpc) is 2.85. The van der Waals surface area contributed by atoms with Gasteiger partial charge in [-0.25, -0.2) is 4.79 Å². The first kappa shape index (κ1) is 19.8. The smallest absolute Gasteiger partial charge is 0.320 e. The zero-order valence-electron chi connectivity index (χ0n) is 18.0. The van der Waals surface area contributed by atoms with E-state index in [0.29, 0.717) is 25.4 Å². The lowest BCUT2D eigenvalue weighted by Crippen LogP contribution is -2.46. The van der Waals surface area contributed by atoms with E-state index in [9.17, 15) is 9.90 Å². The Morgan fingerprint density at radius 3 is 2.38 bits per heavy atom. The molecule has 1 N–H and O–H groups in total. The number of benzene rings is 2. The van der Waals surface area contributed by atoms with Crippen molar-refractivity contribution in [2.45, 2.75) is 59.0 Å². The minimum absolute atomic E-state index is 0.0126. The zero-order valence-corrected chi connectivity index (χ0v) is 18.0. The van der Waals surface area contributed by atoms with Crippen LogP contribution in [-0.2, 0) is 24.9 Å². The van der Waals surface area contributed by atoms with Crippen LogP contribution in [0.3, 0.4) is 0 Å². The molecule has 0 spiro atoms. The number of fused-ring (bicyclic) bond motifs is 2. The Morgan fingerprint density at radius 1 is 0.966 bits per heavy atom. The van der Waals surface area contributed by atoms with E-state index in [1.807, 2.05) is 21.9 Å². The first-order chi connectivity index (χ1) is 13.7. The molecule has 0 saturated heterocycles. The molecule has 2 aliphatic heterocycles. The molecule has 0 radical (unpaired) electrons. The Labute approximate surface area is 174 Å². The third-order valence-electron chi connectivity index (χ3n) is 7.30. The average molecular weight is 393 g/mol. The zero-order chi connectivity index (χ0) is 20.8. The van der Waals surface area contributed by atoms with E-state index < -0.39 is 0 Å². The molecule has 1 atom stereocenters. The van der Waals surface area contributed by atoms with Crippen LogP contribution in [0.4, 0.5) is 4.79 Å². The van der Waals surface area contributed by atoms with Gasteiger partial charge in [0, 0.05) is 25.2 Å². The highest BCUT2D eigenvalue weighted by Crippen LogP contribution is 2.48. The van der Waals surface area contributed by atoms with Gasteiger partial charge in [0.25, 0.3) is 0 Å². The summed E-state index contributed by atoms with van der Waals surface area (Å²) in [5, 5.41) is 10.7. The van der Waals surface area contributed by atoms with Crippen LogP contribution in [0.1, 0.15) is 56.4 Å². The second kappa shape index (κ2) is 7.08. The molecule has 0 unspecified atom stereocenters. The van der Waals surface area contributed by atoms with Crippen LogP contribution >= 0.6 is 0 Å². The highest BCUT2D eigenvalue weighted by Gasteiger charge is 2.43. The molecule has 4 rings (SSSR count). The van der Waals surface area contributed by atoms with E-state index >= 15 is 0 Å². The van der Waals surface area contributed by atoms with Gasteiger partial charge in [0.15, 0.2) is 0 Å². The molecule has 0 aromatic heterocycles. The molecule has 2 amide bonds. The fourth-order valence-electron chi connectivity index (χ4n) is 4.82. The molecular formula is C25H32N2O2. The number of hydrogen-bond donors (Lipinski definition) is 1. The Bertz CT molecular complexity index is 931. The van der Waals surface area contributed by atoms with Crippen LogP contribution in [0.15, 0.2) is 42.5 Å². The SMILES string of the molecule is CC(C)(C)[C@@]1(C)CCN(C(=O)N2CCc3ccccc3C2)Cc2c(O)cccc21. The van der Waals surface area contributed by atoms with E-state index in [1.165, 1.54) is 16.7 Å². The molecule has 0 fully saturated rings. The van der Waals surface area contributed by atoms with Crippen molar-refractivity contribution in [1.29, 1.82) is 0 Å².